The van der Waals surface area contributed by atoms with E-state index in [1.807, 2.05) is 18.2 Å². The lowest BCUT2D eigenvalue weighted by molar-refractivity contribution is -0.161. The molecule has 624 valence electrons. The second-order valence-corrected chi connectivity index (χ2v) is 30.2. The Bertz CT molecular complexity index is 2800. The van der Waals surface area contributed by atoms with Crippen LogP contribution in [0, 0.1) is 0 Å². The van der Waals surface area contributed by atoms with Gasteiger partial charge in [-0.05, 0) is 167 Å². The molecule has 0 saturated carbocycles. The molecule has 17 nitrogen and oxygen atoms in total. The van der Waals surface area contributed by atoms with E-state index in [1.54, 1.807) is 0 Å². The molecule has 0 aliphatic heterocycles. The van der Waals surface area contributed by atoms with Crippen LogP contribution in [0.15, 0.2) is 182 Å². The summed E-state index contributed by atoms with van der Waals surface area (Å²) in [5.41, 5.74) is 0. The van der Waals surface area contributed by atoms with Crippen molar-refractivity contribution in [3.63, 3.8) is 0 Å². The van der Waals surface area contributed by atoms with Crippen molar-refractivity contribution in [3.8, 4) is 0 Å². The fourth-order valence-corrected chi connectivity index (χ4v) is 12.2. The quantitative estimate of drug-likeness (QED) is 0.0169. The third kappa shape index (κ3) is 80.2. The molecule has 0 heterocycles. The van der Waals surface area contributed by atoms with Crippen molar-refractivity contribution in [1.29, 1.82) is 0 Å². The van der Waals surface area contributed by atoms with Gasteiger partial charge in [0.1, 0.15) is 19.3 Å². The number of carbonyl (C=O) groups excluding carboxylic acids is 4. The molecule has 0 aliphatic rings. The molecule has 0 rings (SSSR count). The molecule has 0 amide bonds. The Hall–Kier alpha value is -5.84. The van der Waals surface area contributed by atoms with Gasteiger partial charge in [-0.15, -0.1) is 0 Å². The molecule has 0 aromatic rings. The third-order valence-electron chi connectivity index (χ3n) is 16.9. The smallest absolute Gasteiger partial charge is 0.462 e. The monoisotopic (exact) mass is 1580 g/mol. The number of phosphoric ester groups is 2. The maximum atomic E-state index is 13.1. The van der Waals surface area contributed by atoms with E-state index in [2.05, 4.69) is 192 Å². The Morgan fingerprint density at radius 2 is 0.491 bits per heavy atom. The van der Waals surface area contributed by atoms with Crippen LogP contribution >= 0.6 is 15.6 Å². The van der Waals surface area contributed by atoms with Crippen LogP contribution in [0.25, 0.3) is 0 Å². The first-order chi connectivity index (χ1) is 53.7. The maximum Gasteiger partial charge on any atom is 0.472 e. The summed E-state index contributed by atoms with van der Waals surface area (Å²) < 4.78 is 68.7. The molecule has 0 fully saturated rings. The highest BCUT2D eigenvalue weighted by atomic mass is 31.2. The predicted octanol–water partition coefficient (Wildman–Crippen LogP) is 25.1. The van der Waals surface area contributed by atoms with Gasteiger partial charge in [-0.1, -0.05) is 300 Å². The van der Waals surface area contributed by atoms with Gasteiger partial charge in [-0.25, -0.2) is 9.13 Å². The van der Waals surface area contributed by atoms with Crippen LogP contribution in [0.5, 0.6) is 0 Å². The van der Waals surface area contributed by atoms with Crippen molar-refractivity contribution in [2.24, 2.45) is 0 Å². The highest BCUT2D eigenvalue weighted by Crippen LogP contribution is 2.45. The highest BCUT2D eigenvalue weighted by Gasteiger charge is 2.30. The number of aliphatic hydroxyl groups excluding tert-OH is 1. The van der Waals surface area contributed by atoms with Gasteiger partial charge in [0, 0.05) is 25.7 Å². The van der Waals surface area contributed by atoms with Gasteiger partial charge in [0.25, 0.3) is 0 Å². The van der Waals surface area contributed by atoms with E-state index < -0.39 is 97.5 Å². The maximum absolute atomic E-state index is 13.1. The minimum Gasteiger partial charge on any atom is -0.462 e. The molecule has 0 spiro atoms. The van der Waals surface area contributed by atoms with Gasteiger partial charge in [-0.2, -0.15) is 0 Å². The first-order valence-corrected chi connectivity index (χ1v) is 45.0. The summed E-state index contributed by atoms with van der Waals surface area (Å²) in [7, 11) is -10.0. The zero-order valence-corrected chi connectivity index (χ0v) is 70.1. The van der Waals surface area contributed by atoms with Crippen LogP contribution in [0.3, 0.4) is 0 Å². The van der Waals surface area contributed by atoms with Gasteiger partial charge < -0.3 is 33.8 Å². The number of esters is 4. The second-order valence-electron chi connectivity index (χ2n) is 27.3. The number of hydrogen-bond acceptors (Lipinski definition) is 15. The molecule has 0 aliphatic carbocycles. The van der Waals surface area contributed by atoms with Crippen LogP contribution in [0.2, 0.25) is 0 Å². The highest BCUT2D eigenvalue weighted by molar-refractivity contribution is 7.47. The summed E-state index contributed by atoms with van der Waals surface area (Å²) in [5.74, 6) is -2.33. The van der Waals surface area contributed by atoms with Crippen LogP contribution < -0.4 is 0 Å². The molecule has 110 heavy (non-hydrogen) atoms. The minimum absolute atomic E-state index is 0.0271. The van der Waals surface area contributed by atoms with E-state index in [4.69, 9.17) is 37.0 Å². The van der Waals surface area contributed by atoms with Crippen molar-refractivity contribution >= 4 is 39.5 Å². The Labute approximate surface area is 666 Å². The Kier molecular flexibility index (Phi) is 76.9. The molecule has 0 aromatic carbocycles. The average molecular weight is 1580 g/mol. The van der Waals surface area contributed by atoms with Gasteiger partial charge in [-0.3, -0.25) is 37.3 Å². The van der Waals surface area contributed by atoms with Crippen molar-refractivity contribution in [1.82, 2.24) is 0 Å². The Balaban J connectivity index is 5.48. The molecular weight excluding hydrogens is 1430 g/mol. The van der Waals surface area contributed by atoms with Gasteiger partial charge in [0.05, 0.1) is 26.4 Å². The lowest BCUT2D eigenvalue weighted by Crippen LogP contribution is -2.30. The minimum atomic E-state index is -5.01. The molecule has 5 unspecified atom stereocenters. The third-order valence-corrected chi connectivity index (χ3v) is 18.8. The van der Waals surface area contributed by atoms with Gasteiger partial charge in [0.15, 0.2) is 12.2 Å². The van der Waals surface area contributed by atoms with E-state index in [9.17, 15) is 43.2 Å². The molecule has 5 atom stereocenters. The van der Waals surface area contributed by atoms with Crippen molar-refractivity contribution in [2.45, 2.75) is 329 Å². The fourth-order valence-electron chi connectivity index (χ4n) is 10.6. The average Bonchev–Trinajstić information content (AvgIpc) is 0.906. The Morgan fingerprint density at radius 1 is 0.264 bits per heavy atom. The number of ether oxygens (including phenoxy) is 4. The van der Waals surface area contributed by atoms with Crippen LogP contribution in [0.4, 0.5) is 0 Å². The van der Waals surface area contributed by atoms with E-state index >= 15 is 0 Å². The number of unbranched alkanes of at least 4 members (excludes halogenated alkanes) is 21. The first kappa shape index (κ1) is 104. The van der Waals surface area contributed by atoms with E-state index in [-0.39, 0.29) is 25.7 Å². The fraction of sp³-hybridized carbons (Fsp3) is 0.626. The summed E-state index contributed by atoms with van der Waals surface area (Å²) in [4.78, 5) is 73.2. The summed E-state index contributed by atoms with van der Waals surface area (Å²) in [6, 6.07) is 0. The molecule has 19 heteroatoms. The molecule has 0 radical (unpaired) electrons. The predicted molar refractivity (Wildman–Crippen MR) is 454 cm³/mol. The number of aliphatic hydroxyl groups is 1. The Morgan fingerprint density at radius 3 is 0.782 bits per heavy atom. The second kappa shape index (κ2) is 81.2. The van der Waals surface area contributed by atoms with Crippen LogP contribution in [0.1, 0.15) is 310 Å². The number of hydrogen-bond donors (Lipinski definition) is 3. The normalized spacial score (nSPS) is 14.7. The lowest BCUT2D eigenvalue weighted by atomic mass is 10.1. The van der Waals surface area contributed by atoms with Gasteiger partial charge >= 0.3 is 39.5 Å². The molecule has 0 saturated heterocycles. The summed E-state index contributed by atoms with van der Waals surface area (Å²) in [6.07, 6.45) is 98.7. The van der Waals surface area contributed by atoms with Crippen molar-refractivity contribution in [3.05, 3.63) is 182 Å². The number of phosphoric acid groups is 2. The standard InChI is InChI=1S/C91H148O17P2/c1-5-9-13-17-21-25-29-33-37-40-42-45-48-51-55-59-63-67-71-75-88(93)101-81-86(107-90(95)77-73-69-65-61-57-53-47-36-32-28-24-20-16-12-8-4)83-105-109(97,98)103-79-85(92)80-104-110(99,100)106-84-87(108-91(96)78-74-70-66-62-58-54-50-44-39-35-31-27-23-19-15-11-7-3)82-102-89(94)76-72-68-64-60-56-52-49-46-43-41-38-34-30-26-22-18-14-10-6-2/h10-12,14-16,21-28,33-39,42-43,45-47,52,56,64,68,85-87,92H,5-9,13,17-20,29-32,40-41,44,48-51,53-55,57-63,65-67,69-84H2,1-4H3,(H,97,98)(H,99,100)/b14-10-,15-11-,16-12-,25-21-,26-22-,27-23-,28-24-,37-33-,38-34-,39-35-,45-42-,46-43-,47-36-,56-52-,68-64-. The van der Waals surface area contributed by atoms with Gasteiger partial charge in [0.2, 0.25) is 0 Å². The number of rotatable bonds is 77. The van der Waals surface area contributed by atoms with E-state index in [0.29, 0.717) is 32.1 Å². The molecule has 0 aromatic heterocycles. The topological polar surface area (TPSA) is 237 Å². The molecule has 3 N–H and O–H groups in total. The van der Waals surface area contributed by atoms with E-state index in [0.717, 1.165) is 205 Å². The molecule has 0 bridgehead atoms. The summed E-state index contributed by atoms with van der Waals surface area (Å²) >= 11 is 0. The van der Waals surface area contributed by atoms with E-state index in [1.165, 1.54) is 19.3 Å². The number of allylic oxidation sites excluding steroid dienone is 30. The van der Waals surface area contributed by atoms with Crippen LogP contribution in [-0.2, 0) is 65.4 Å². The largest absolute Gasteiger partial charge is 0.472 e. The summed E-state index contributed by atoms with van der Waals surface area (Å²) in [6.45, 7) is 4.38. The molecular formula is C91H148O17P2. The SMILES string of the molecule is CC/C=C\C/C=C\C/C=C\C/C=C\C/C=C\C/C=C\CCC(=O)OCC(COP(=O)(O)OCC(O)COP(=O)(O)OCC(COC(=O)CCCCCCCC/C=C\C/C=C\C/C=C\CCCCC)OC(=O)CCCCCCC/C=C\C/C=C\C/C=C\CC)OC(=O)CCCCCCCCC/C=C\C/C=C\C/C=C\CC. The first-order valence-electron chi connectivity index (χ1n) is 42.0. The summed E-state index contributed by atoms with van der Waals surface area (Å²) in [5, 5.41) is 10.7. The lowest BCUT2D eigenvalue weighted by Gasteiger charge is -2.21. The van der Waals surface area contributed by atoms with Crippen molar-refractivity contribution in [2.75, 3.05) is 39.6 Å². The van der Waals surface area contributed by atoms with Crippen LogP contribution in [-0.4, -0.2) is 96.7 Å². The zero-order chi connectivity index (χ0) is 80.3. The van der Waals surface area contributed by atoms with Crippen molar-refractivity contribution < 1.29 is 80.2 Å². The number of carbonyl (C=O) groups is 4. The zero-order valence-electron chi connectivity index (χ0n) is 68.4.